The number of carbonyl (C=O) groups is 1. The minimum atomic E-state index is -1.02. The molecule has 0 aliphatic carbocycles. The molecule has 3 aromatic carbocycles. The number of ether oxygens (including phenoxy) is 2. The average molecular weight is 467 g/mol. The van der Waals surface area contributed by atoms with Crippen molar-refractivity contribution in [2.75, 3.05) is 12.4 Å². The molecule has 0 aliphatic heterocycles. The number of rotatable bonds is 8. The molecule has 3 aromatic rings. The van der Waals surface area contributed by atoms with E-state index in [0.717, 1.165) is 11.1 Å². The molecule has 3 rings (SSSR count). The van der Waals surface area contributed by atoms with Gasteiger partial charge in [0.2, 0.25) is 0 Å². The van der Waals surface area contributed by atoms with E-state index in [1.54, 1.807) is 36.4 Å². The van der Waals surface area contributed by atoms with E-state index in [0.29, 0.717) is 45.4 Å². The van der Waals surface area contributed by atoms with Crippen molar-refractivity contribution in [1.29, 1.82) is 0 Å². The molecule has 0 bridgehead atoms. The van der Waals surface area contributed by atoms with Crippen LogP contribution in [0.1, 0.15) is 21.5 Å². The number of halogens is 3. The molecule has 0 unspecified atom stereocenters. The molecular formula is C22H18Cl3NO4. The predicted octanol–water partition coefficient (Wildman–Crippen LogP) is 6.54. The minimum absolute atomic E-state index is 0.153. The number of carboxylic acids is 1. The van der Waals surface area contributed by atoms with Crippen LogP contribution in [0.5, 0.6) is 11.5 Å². The largest absolute Gasteiger partial charge is 0.495 e. The second-order valence-corrected chi connectivity index (χ2v) is 7.61. The van der Waals surface area contributed by atoms with E-state index in [1.807, 2.05) is 6.07 Å². The van der Waals surface area contributed by atoms with Crippen LogP contribution in [0.25, 0.3) is 0 Å². The fourth-order valence-corrected chi connectivity index (χ4v) is 3.30. The lowest BCUT2D eigenvalue weighted by molar-refractivity contribution is 0.0697. The minimum Gasteiger partial charge on any atom is -0.495 e. The maximum atomic E-state index is 11.3. The summed E-state index contributed by atoms with van der Waals surface area (Å²) in [7, 11) is 1.52. The first-order chi connectivity index (χ1) is 14.4. The zero-order valence-corrected chi connectivity index (χ0v) is 18.2. The number of hydrogen-bond acceptors (Lipinski definition) is 4. The summed E-state index contributed by atoms with van der Waals surface area (Å²) in [5.41, 5.74) is 2.37. The number of nitrogens with one attached hydrogen (secondary N) is 1. The van der Waals surface area contributed by atoms with Crippen molar-refractivity contribution < 1.29 is 19.4 Å². The third kappa shape index (κ3) is 5.51. The Labute approximate surface area is 189 Å². The van der Waals surface area contributed by atoms with Crippen molar-refractivity contribution in [3.05, 3.63) is 86.4 Å². The Bertz CT molecular complexity index is 1070. The summed E-state index contributed by atoms with van der Waals surface area (Å²) >= 11 is 18.2. The van der Waals surface area contributed by atoms with E-state index in [1.165, 1.54) is 19.2 Å². The highest BCUT2D eigenvalue weighted by molar-refractivity contribution is 6.42. The smallest absolute Gasteiger partial charge is 0.335 e. The molecule has 0 aromatic heterocycles. The van der Waals surface area contributed by atoms with Crippen LogP contribution in [0, 0.1) is 0 Å². The van der Waals surface area contributed by atoms with Gasteiger partial charge in [-0.1, -0.05) is 40.9 Å². The average Bonchev–Trinajstić information content (AvgIpc) is 2.73. The zero-order valence-electron chi connectivity index (χ0n) is 15.9. The molecule has 8 heteroatoms. The van der Waals surface area contributed by atoms with Gasteiger partial charge in [0.1, 0.15) is 18.1 Å². The molecule has 30 heavy (non-hydrogen) atoms. The van der Waals surface area contributed by atoms with Crippen molar-refractivity contribution in [2.45, 2.75) is 13.2 Å². The first-order valence-electron chi connectivity index (χ1n) is 8.87. The molecule has 0 amide bonds. The van der Waals surface area contributed by atoms with Crippen molar-refractivity contribution in [3.63, 3.8) is 0 Å². The molecular weight excluding hydrogens is 449 g/mol. The van der Waals surface area contributed by atoms with Crippen molar-refractivity contribution >= 4 is 46.5 Å². The number of methoxy groups -OCH3 is 1. The number of carboxylic acid groups (broad SMARTS) is 1. The van der Waals surface area contributed by atoms with Crippen LogP contribution in [-0.4, -0.2) is 18.2 Å². The SMILES string of the molecule is COc1ccc(C(=O)O)cc1NCc1cc(Cl)ccc1OCc1ccc(Cl)c(Cl)c1. The Morgan fingerprint density at radius 3 is 2.43 bits per heavy atom. The number of benzene rings is 3. The van der Waals surface area contributed by atoms with Gasteiger partial charge in [-0.2, -0.15) is 0 Å². The van der Waals surface area contributed by atoms with Crippen LogP contribution in [-0.2, 0) is 13.2 Å². The molecule has 0 heterocycles. The first kappa shape index (κ1) is 22.1. The summed E-state index contributed by atoms with van der Waals surface area (Å²) < 4.78 is 11.3. The molecule has 0 saturated carbocycles. The standard InChI is InChI=1S/C22H18Cl3NO4/c1-29-21-6-3-14(22(27)28)10-19(21)26-11-15-9-16(23)4-7-20(15)30-12-13-2-5-17(24)18(25)8-13/h2-10,26H,11-12H2,1H3,(H,27,28). The molecule has 0 fully saturated rings. The summed E-state index contributed by atoms with van der Waals surface area (Å²) in [4.78, 5) is 11.3. The second kappa shape index (κ2) is 9.94. The lowest BCUT2D eigenvalue weighted by atomic mass is 10.1. The lowest BCUT2D eigenvalue weighted by Gasteiger charge is -2.15. The van der Waals surface area contributed by atoms with Crippen molar-refractivity contribution in [2.24, 2.45) is 0 Å². The number of hydrogen-bond donors (Lipinski definition) is 2. The lowest BCUT2D eigenvalue weighted by Crippen LogP contribution is -2.06. The Kier molecular flexibility index (Phi) is 7.32. The summed E-state index contributed by atoms with van der Waals surface area (Å²) in [6, 6.07) is 15.2. The van der Waals surface area contributed by atoms with Crippen LogP contribution >= 0.6 is 34.8 Å². The Balaban J connectivity index is 1.78. The van der Waals surface area contributed by atoms with E-state index in [-0.39, 0.29) is 5.56 Å². The van der Waals surface area contributed by atoms with Gasteiger partial charge in [0.15, 0.2) is 0 Å². The highest BCUT2D eigenvalue weighted by Gasteiger charge is 2.11. The second-order valence-electron chi connectivity index (χ2n) is 6.36. The summed E-state index contributed by atoms with van der Waals surface area (Å²) in [5.74, 6) is 0.140. The molecule has 5 nitrogen and oxygen atoms in total. The fraction of sp³-hybridized carbons (Fsp3) is 0.136. The van der Waals surface area contributed by atoms with Crippen LogP contribution in [0.4, 0.5) is 5.69 Å². The van der Waals surface area contributed by atoms with E-state index in [4.69, 9.17) is 44.3 Å². The van der Waals surface area contributed by atoms with Crippen LogP contribution in [0.15, 0.2) is 54.6 Å². The first-order valence-corrected chi connectivity index (χ1v) is 10.0. The Morgan fingerprint density at radius 1 is 0.967 bits per heavy atom. The topological polar surface area (TPSA) is 67.8 Å². The molecule has 0 aliphatic rings. The zero-order chi connectivity index (χ0) is 21.7. The van der Waals surface area contributed by atoms with Crippen molar-refractivity contribution in [1.82, 2.24) is 0 Å². The molecule has 0 atom stereocenters. The Morgan fingerprint density at radius 2 is 1.73 bits per heavy atom. The highest BCUT2D eigenvalue weighted by Crippen LogP contribution is 2.30. The van der Waals surface area contributed by atoms with E-state index < -0.39 is 5.97 Å². The molecule has 0 saturated heterocycles. The quantitative estimate of drug-likeness (QED) is 0.394. The number of aromatic carboxylic acids is 1. The number of anilines is 1. The molecule has 2 N–H and O–H groups in total. The predicted molar refractivity (Wildman–Crippen MR) is 120 cm³/mol. The summed E-state index contributed by atoms with van der Waals surface area (Å²) in [6.45, 7) is 0.639. The van der Waals surface area contributed by atoms with Crippen LogP contribution in [0.2, 0.25) is 15.1 Å². The highest BCUT2D eigenvalue weighted by atomic mass is 35.5. The van der Waals surface area contributed by atoms with Gasteiger partial charge in [0.05, 0.1) is 28.4 Å². The maximum Gasteiger partial charge on any atom is 0.335 e. The van der Waals surface area contributed by atoms with Crippen LogP contribution < -0.4 is 14.8 Å². The van der Waals surface area contributed by atoms with E-state index >= 15 is 0 Å². The fourth-order valence-electron chi connectivity index (χ4n) is 2.79. The molecule has 156 valence electrons. The third-order valence-electron chi connectivity index (χ3n) is 4.32. The normalized spacial score (nSPS) is 10.5. The molecule has 0 radical (unpaired) electrons. The van der Waals surface area contributed by atoms with Gasteiger partial charge < -0.3 is 19.9 Å². The van der Waals surface area contributed by atoms with Crippen LogP contribution in [0.3, 0.4) is 0 Å². The van der Waals surface area contributed by atoms with Gasteiger partial charge in [-0.05, 0) is 54.1 Å². The summed E-state index contributed by atoms with van der Waals surface area (Å²) in [5, 5.41) is 13.9. The van der Waals surface area contributed by atoms with Gasteiger partial charge in [-0.3, -0.25) is 0 Å². The molecule has 0 spiro atoms. The van der Waals surface area contributed by atoms with Crippen molar-refractivity contribution in [3.8, 4) is 11.5 Å². The maximum absolute atomic E-state index is 11.3. The van der Waals surface area contributed by atoms with Gasteiger partial charge in [-0.25, -0.2) is 4.79 Å². The third-order valence-corrected chi connectivity index (χ3v) is 5.29. The Hall–Kier alpha value is -2.60. The van der Waals surface area contributed by atoms with Gasteiger partial charge in [0.25, 0.3) is 0 Å². The van der Waals surface area contributed by atoms with Gasteiger partial charge >= 0.3 is 5.97 Å². The van der Waals surface area contributed by atoms with Gasteiger partial charge in [0, 0.05) is 17.1 Å². The van der Waals surface area contributed by atoms with E-state index in [9.17, 15) is 9.90 Å². The van der Waals surface area contributed by atoms with Gasteiger partial charge in [-0.15, -0.1) is 0 Å². The van der Waals surface area contributed by atoms with E-state index in [2.05, 4.69) is 5.32 Å². The summed E-state index contributed by atoms with van der Waals surface area (Å²) in [6.07, 6.45) is 0. The monoisotopic (exact) mass is 465 g/mol.